The first-order chi connectivity index (χ1) is 10.1. The Morgan fingerprint density at radius 1 is 1.19 bits per heavy atom. The van der Waals surface area contributed by atoms with Gasteiger partial charge in [0.05, 0.1) is 11.3 Å². The van der Waals surface area contributed by atoms with Crippen LogP contribution in [-0.2, 0) is 12.8 Å². The molecule has 0 saturated heterocycles. The highest BCUT2D eigenvalue weighted by atomic mass is 16.4. The number of carboxylic acids is 1. The van der Waals surface area contributed by atoms with Gasteiger partial charge in [-0.2, -0.15) is 0 Å². The van der Waals surface area contributed by atoms with Crippen molar-refractivity contribution in [2.24, 2.45) is 0 Å². The number of carboxylic acid groups (broad SMARTS) is 1. The maximum Gasteiger partial charge on any atom is 0.337 e. The summed E-state index contributed by atoms with van der Waals surface area (Å²) in [6, 6.07) is 9.90. The summed E-state index contributed by atoms with van der Waals surface area (Å²) >= 11 is 0. The van der Waals surface area contributed by atoms with Crippen LogP contribution in [0.1, 0.15) is 21.5 Å². The molecule has 5 heteroatoms. The molecule has 0 atom stereocenters. The zero-order valence-corrected chi connectivity index (χ0v) is 11.6. The lowest BCUT2D eigenvalue weighted by Gasteiger charge is -2.22. The number of hydrogen-bond acceptors (Lipinski definition) is 4. The molecule has 1 aliphatic rings. The van der Waals surface area contributed by atoms with Crippen molar-refractivity contribution in [3.63, 3.8) is 0 Å². The molecule has 0 saturated carbocycles. The van der Waals surface area contributed by atoms with E-state index in [4.69, 9.17) is 10.8 Å². The van der Waals surface area contributed by atoms with E-state index in [0.717, 1.165) is 25.9 Å². The second-order valence-electron chi connectivity index (χ2n) is 5.20. The fourth-order valence-corrected chi connectivity index (χ4v) is 2.74. The van der Waals surface area contributed by atoms with E-state index in [1.165, 1.54) is 23.4 Å². The van der Waals surface area contributed by atoms with Gasteiger partial charge in [0.15, 0.2) is 5.82 Å². The van der Waals surface area contributed by atoms with Crippen LogP contribution in [-0.4, -0.2) is 29.1 Å². The number of pyridine rings is 1. The molecule has 108 valence electrons. The number of nitrogen functional groups attached to an aromatic ring is 1. The lowest BCUT2D eigenvalue weighted by atomic mass is 10.0. The van der Waals surface area contributed by atoms with Gasteiger partial charge in [0.1, 0.15) is 0 Å². The van der Waals surface area contributed by atoms with Gasteiger partial charge in [-0.3, -0.25) is 0 Å². The van der Waals surface area contributed by atoms with Crippen molar-refractivity contribution in [3.8, 4) is 0 Å². The highest BCUT2D eigenvalue weighted by Crippen LogP contribution is 2.24. The van der Waals surface area contributed by atoms with Crippen LogP contribution in [0, 0.1) is 0 Å². The molecule has 1 aromatic heterocycles. The molecular formula is C16H17N3O2. The summed E-state index contributed by atoms with van der Waals surface area (Å²) in [5.41, 5.74) is 9.24. The Bertz CT molecular complexity index is 658. The number of hydrogen-bond donors (Lipinski definition) is 2. The van der Waals surface area contributed by atoms with Crippen LogP contribution in [0.25, 0.3) is 0 Å². The first-order valence-electron chi connectivity index (χ1n) is 6.95. The average Bonchev–Trinajstić information content (AvgIpc) is 2.70. The maximum atomic E-state index is 10.9. The Kier molecular flexibility index (Phi) is 3.48. The van der Waals surface area contributed by atoms with Gasteiger partial charge in [0.2, 0.25) is 0 Å². The number of benzene rings is 1. The number of aromatic nitrogens is 1. The molecule has 3 rings (SSSR count). The largest absolute Gasteiger partial charge is 0.478 e. The summed E-state index contributed by atoms with van der Waals surface area (Å²) in [6.45, 7) is 1.67. The lowest BCUT2D eigenvalue weighted by molar-refractivity contribution is 0.0696. The zero-order valence-electron chi connectivity index (χ0n) is 11.6. The minimum atomic E-state index is -1.01. The van der Waals surface area contributed by atoms with Crippen LogP contribution in [0.2, 0.25) is 0 Å². The number of anilines is 2. The second kappa shape index (κ2) is 5.44. The Hall–Kier alpha value is -2.56. The zero-order chi connectivity index (χ0) is 14.8. The Morgan fingerprint density at radius 3 is 2.33 bits per heavy atom. The van der Waals surface area contributed by atoms with Crippen molar-refractivity contribution in [1.82, 2.24) is 4.98 Å². The quantitative estimate of drug-likeness (QED) is 0.881. The number of nitrogens with two attached hydrogens (primary N) is 1. The molecule has 2 aromatic rings. The highest BCUT2D eigenvalue weighted by molar-refractivity contribution is 5.89. The number of nitrogens with zero attached hydrogens (tertiary/aromatic N) is 2. The molecule has 3 N–H and O–H groups in total. The van der Waals surface area contributed by atoms with Crippen molar-refractivity contribution in [2.75, 3.05) is 23.7 Å². The third-order valence-electron chi connectivity index (χ3n) is 3.86. The highest BCUT2D eigenvalue weighted by Gasteiger charge is 2.17. The number of rotatable bonds is 2. The molecule has 5 nitrogen and oxygen atoms in total. The van der Waals surface area contributed by atoms with Crippen LogP contribution >= 0.6 is 0 Å². The number of carbonyl (C=O) groups is 1. The van der Waals surface area contributed by atoms with Gasteiger partial charge in [-0.05, 0) is 30.0 Å². The van der Waals surface area contributed by atoms with Gasteiger partial charge in [-0.25, -0.2) is 9.78 Å². The van der Waals surface area contributed by atoms with Crippen LogP contribution in [0.15, 0.2) is 36.5 Å². The fourth-order valence-electron chi connectivity index (χ4n) is 2.74. The van der Waals surface area contributed by atoms with Crippen LogP contribution in [0.5, 0.6) is 0 Å². The molecule has 1 aliphatic heterocycles. The molecule has 0 radical (unpaired) electrons. The Balaban J connectivity index is 1.84. The van der Waals surface area contributed by atoms with E-state index in [-0.39, 0.29) is 5.56 Å². The van der Waals surface area contributed by atoms with Crippen LogP contribution in [0.3, 0.4) is 0 Å². The molecule has 21 heavy (non-hydrogen) atoms. The van der Waals surface area contributed by atoms with E-state index in [2.05, 4.69) is 34.1 Å². The van der Waals surface area contributed by atoms with Gasteiger partial charge in [-0.15, -0.1) is 0 Å². The fraction of sp³-hybridized carbons (Fsp3) is 0.250. The summed E-state index contributed by atoms with van der Waals surface area (Å²) in [5, 5.41) is 8.96. The summed E-state index contributed by atoms with van der Waals surface area (Å²) in [7, 11) is 0. The maximum absolute atomic E-state index is 10.9. The number of fused-ring (bicyclic) bond motifs is 1. The summed E-state index contributed by atoms with van der Waals surface area (Å²) in [5.74, 6) is -0.336. The Labute approximate surface area is 123 Å². The number of aromatic carboxylic acids is 1. The van der Waals surface area contributed by atoms with Gasteiger partial charge in [-0.1, -0.05) is 24.3 Å². The first-order valence-corrected chi connectivity index (χ1v) is 6.95. The smallest absolute Gasteiger partial charge is 0.337 e. The molecule has 0 aliphatic carbocycles. The van der Waals surface area contributed by atoms with Crippen molar-refractivity contribution < 1.29 is 9.90 Å². The standard InChI is InChI=1S/C16H17N3O2/c17-14-9-13(16(20)21)10-18-15(14)19-7-5-11-3-1-2-4-12(11)6-8-19/h1-4,9-10H,5-8,17H2,(H,20,21). The van der Waals surface area contributed by atoms with E-state index in [0.29, 0.717) is 11.5 Å². The monoisotopic (exact) mass is 283 g/mol. The molecule has 1 aromatic carbocycles. The van der Waals surface area contributed by atoms with Crippen LogP contribution in [0.4, 0.5) is 11.5 Å². The van der Waals surface area contributed by atoms with Crippen molar-refractivity contribution in [3.05, 3.63) is 53.2 Å². The molecule has 0 spiro atoms. The third kappa shape index (κ3) is 2.67. The molecule has 0 bridgehead atoms. The SMILES string of the molecule is Nc1cc(C(=O)O)cnc1N1CCc2ccccc2CC1. The van der Waals surface area contributed by atoms with Crippen molar-refractivity contribution in [2.45, 2.75) is 12.8 Å². The molecular weight excluding hydrogens is 266 g/mol. The van der Waals surface area contributed by atoms with Gasteiger partial charge < -0.3 is 15.7 Å². The van der Waals surface area contributed by atoms with Gasteiger partial charge in [0.25, 0.3) is 0 Å². The lowest BCUT2D eigenvalue weighted by Crippen LogP contribution is -2.28. The van der Waals surface area contributed by atoms with Crippen LogP contribution < -0.4 is 10.6 Å². The van der Waals surface area contributed by atoms with Crippen molar-refractivity contribution in [1.29, 1.82) is 0 Å². The summed E-state index contributed by atoms with van der Waals surface area (Å²) in [4.78, 5) is 17.3. The van der Waals surface area contributed by atoms with E-state index >= 15 is 0 Å². The van der Waals surface area contributed by atoms with E-state index in [9.17, 15) is 4.79 Å². The predicted molar refractivity (Wildman–Crippen MR) is 81.7 cm³/mol. The summed E-state index contributed by atoms with van der Waals surface area (Å²) < 4.78 is 0. The normalized spacial score (nSPS) is 14.4. The van der Waals surface area contributed by atoms with Gasteiger partial charge in [0, 0.05) is 19.3 Å². The Morgan fingerprint density at radius 2 is 1.81 bits per heavy atom. The average molecular weight is 283 g/mol. The molecule has 0 amide bonds. The molecule has 0 fully saturated rings. The van der Waals surface area contributed by atoms with E-state index in [1.807, 2.05) is 0 Å². The minimum Gasteiger partial charge on any atom is -0.478 e. The van der Waals surface area contributed by atoms with E-state index < -0.39 is 5.97 Å². The molecule has 2 heterocycles. The topological polar surface area (TPSA) is 79.5 Å². The summed E-state index contributed by atoms with van der Waals surface area (Å²) in [6.07, 6.45) is 3.25. The second-order valence-corrected chi connectivity index (χ2v) is 5.20. The predicted octanol–water partition coefficient (Wildman–Crippen LogP) is 1.97. The minimum absolute atomic E-state index is 0.120. The van der Waals surface area contributed by atoms with E-state index in [1.54, 1.807) is 0 Å². The first kappa shape index (κ1) is 13.4. The van der Waals surface area contributed by atoms with Gasteiger partial charge >= 0.3 is 5.97 Å². The molecule has 0 unspecified atom stereocenters. The third-order valence-corrected chi connectivity index (χ3v) is 3.86. The van der Waals surface area contributed by atoms with Crippen molar-refractivity contribution >= 4 is 17.5 Å².